The lowest BCUT2D eigenvalue weighted by Crippen LogP contribution is -2.12. The van der Waals surface area contributed by atoms with Gasteiger partial charge < -0.3 is 5.32 Å². The molecule has 0 aliphatic rings. The van der Waals surface area contributed by atoms with Crippen LogP contribution in [0.3, 0.4) is 0 Å². The van der Waals surface area contributed by atoms with Crippen LogP contribution in [0.15, 0.2) is 30.5 Å². The number of aromatic nitrogens is 2. The highest BCUT2D eigenvalue weighted by molar-refractivity contribution is 5.43. The fourth-order valence-corrected chi connectivity index (χ4v) is 1.97. The Morgan fingerprint density at radius 3 is 2.60 bits per heavy atom. The molecular weight excluding hydrogens is 267 g/mol. The van der Waals surface area contributed by atoms with Crippen LogP contribution in [0.4, 0.5) is 13.2 Å². The van der Waals surface area contributed by atoms with Crippen molar-refractivity contribution in [2.45, 2.75) is 26.6 Å². The molecule has 0 aliphatic heterocycles. The average Bonchev–Trinajstić information content (AvgIpc) is 2.77. The van der Waals surface area contributed by atoms with Gasteiger partial charge in [0.2, 0.25) is 0 Å². The van der Waals surface area contributed by atoms with Crippen molar-refractivity contribution in [2.24, 2.45) is 0 Å². The van der Waals surface area contributed by atoms with Crippen LogP contribution in [0, 0.1) is 6.92 Å². The highest BCUT2D eigenvalue weighted by Crippen LogP contribution is 2.33. The Kier molecular flexibility index (Phi) is 4.13. The molecule has 6 heteroatoms. The average molecular weight is 283 g/mol. The molecule has 0 atom stereocenters. The van der Waals surface area contributed by atoms with Crippen molar-refractivity contribution in [1.29, 1.82) is 0 Å². The Balaban J connectivity index is 2.42. The number of rotatable bonds is 4. The van der Waals surface area contributed by atoms with Crippen molar-refractivity contribution in [3.8, 4) is 5.69 Å². The molecule has 0 bridgehead atoms. The number of hydrogen-bond donors (Lipinski definition) is 1. The Bertz CT molecular complexity index is 588. The van der Waals surface area contributed by atoms with Crippen LogP contribution in [-0.2, 0) is 12.7 Å². The summed E-state index contributed by atoms with van der Waals surface area (Å²) in [4.78, 5) is 0. The maximum absolute atomic E-state index is 13.0. The van der Waals surface area contributed by atoms with Crippen LogP contribution in [0.1, 0.15) is 23.7 Å². The van der Waals surface area contributed by atoms with Gasteiger partial charge >= 0.3 is 6.18 Å². The smallest absolute Gasteiger partial charge is 0.313 e. The highest BCUT2D eigenvalue weighted by atomic mass is 19.4. The summed E-state index contributed by atoms with van der Waals surface area (Å²) in [5, 5.41) is 7.32. The van der Waals surface area contributed by atoms with Gasteiger partial charge in [0.1, 0.15) is 0 Å². The molecule has 2 aromatic rings. The van der Waals surface area contributed by atoms with E-state index in [1.807, 2.05) is 6.92 Å². The van der Waals surface area contributed by atoms with Crippen LogP contribution < -0.4 is 5.32 Å². The Labute approximate surface area is 115 Å². The summed E-state index contributed by atoms with van der Waals surface area (Å²) >= 11 is 0. The van der Waals surface area contributed by atoms with Gasteiger partial charge in [0.25, 0.3) is 0 Å². The first-order valence-electron chi connectivity index (χ1n) is 6.36. The number of benzene rings is 1. The molecule has 20 heavy (non-hydrogen) atoms. The number of halogens is 3. The molecule has 0 saturated carbocycles. The first kappa shape index (κ1) is 14.6. The van der Waals surface area contributed by atoms with Crippen molar-refractivity contribution in [3.05, 3.63) is 47.3 Å². The lowest BCUT2D eigenvalue weighted by molar-refractivity contribution is -0.137. The van der Waals surface area contributed by atoms with E-state index in [1.165, 1.54) is 16.8 Å². The molecule has 0 saturated heterocycles. The van der Waals surface area contributed by atoms with E-state index in [4.69, 9.17) is 0 Å². The van der Waals surface area contributed by atoms with Gasteiger partial charge in [0.15, 0.2) is 0 Å². The molecule has 0 spiro atoms. The molecule has 1 aromatic heterocycles. The minimum atomic E-state index is -4.39. The number of nitrogens with one attached hydrogen (secondary N) is 1. The summed E-state index contributed by atoms with van der Waals surface area (Å²) in [5.41, 5.74) is 0.982. The molecule has 0 amide bonds. The molecule has 108 valence electrons. The SMILES string of the molecule is CCNCc1cn(-c2ccccc2C(F)(F)F)nc1C. The van der Waals surface area contributed by atoms with Crippen molar-refractivity contribution in [2.75, 3.05) is 6.54 Å². The third-order valence-corrected chi connectivity index (χ3v) is 3.02. The lowest BCUT2D eigenvalue weighted by Gasteiger charge is -2.12. The van der Waals surface area contributed by atoms with E-state index in [9.17, 15) is 13.2 Å². The Hall–Kier alpha value is -1.82. The van der Waals surface area contributed by atoms with Crippen LogP contribution in [0.2, 0.25) is 0 Å². The highest BCUT2D eigenvalue weighted by Gasteiger charge is 2.33. The van der Waals surface area contributed by atoms with E-state index in [2.05, 4.69) is 10.4 Å². The van der Waals surface area contributed by atoms with E-state index in [0.717, 1.165) is 23.9 Å². The predicted octanol–water partition coefficient (Wildman–Crippen LogP) is 3.31. The molecule has 0 fully saturated rings. The molecule has 1 heterocycles. The molecule has 1 N–H and O–H groups in total. The normalized spacial score (nSPS) is 11.8. The van der Waals surface area contributed by atoms with Gasteiger partial charge in [-0.05, 0) is 25.6 Å². The van der Waals surface area contributed by atoms with Crippen LogP contribution >= 0.6 is 0 Å². The third-order valence-electron chi connectivity index (χ3n) is 3.02. The van der Waals surface area contributed by atoms with Gasteiger partial charge in [-0.15, -0.1) is 0 Å². The maximum Gasteiger partial charge on any atom is 0.418 e. The van der Waals surface area contributed by atoms with Crippen LogP contribution in [0.25, 0.3) is 5.69 Å². The molecule has 0 aliphatic carbocycles. The van der Waals surface area contributed by atoms with Gasteiger partial charge in [0.05, 0.1) is 16.9 Å². The standard InChI is InChI=1S/C14H16F3N3/c1-3-18-8-11-9-20(19-10(11)2)13-7-5-4-6-12(13)14(15,16)17/h4-7,9,18H,3,8H2,1-2H3. The molecular formula is C14H16F3N3. The molecule has 0 unspecified atom stereocenters. The minimum Gasteiger partial charge on any atom is -0.313 e. The van der Waals surface area contributed by atoms with Gasteiger partial charge in [-0.3, -0.25) is 0 Å². The summed E-state index contributed by atoms with van der Waals surface area (Å²) in [6.07, 6.45) is -2.75. The third kappa shape index (κ3) is 3.01. The predicted molar refractivity (Wildman–Crippen MR) is 70.7 cm³/mol. The zero-order valence-electron chi connectivity index (χ0n) is 11.3. The topological polar surface area (TPSA) is 29.9 Å². The molecule has 3 nitrogen and oxygen atoms in total. The van der Waals surface area contributed by atoms with E-state index < -0.39 is 11.7 Å². The molecule has 2 rings (SSSR count). The molecule has 0 radical (unpaired) electrons. The van der Waals surface area contributed by atoms with Crippen LogP contribution in [-0.4, -0.2) is 16.3 Å². The minimum absolute atomic E-state index is 0.0471. The van der Waals surface area contributed by atoms with E-state index in [0.29, 0.717) is 6.54 Å². The fraction of sp³-hybridized carbons (Fsp3) is 0.357. The van der Waals surface area contributed by atoms with Crippen molar-refractivity contribution >= 4 is 0 Å². The number of hydrogen-bond acceptors (Lipinski definition) is 2. The Morgan fingerprint density at radius 1 is 1.25 bits per heavy atom. The van der Waals surface area contributed by atoms with E-state index in [1.54, 1.807) is 19.2 Å². The van der Waals surface area contributed by atoms with Crippen LogP contribution in [0.5, 0.6) is 0 Å². The number of alkyl halides is 3. The zero-order valence-corrected chi connectivity index (χ0v) is 11.3. The van der Waals surface area contributed by atoms with Crippen molar-refractivity contribution < 1.29 is 13.2 Å². The zero-order chi connectivity index (χ0) is 14.8. The summed E-state index contributed by atoms with van der Waals surface area (Å²) < 4.78 is 40.3. The second kappa shape index (κ2) is 5.66. The number of aryl methyl sites for hydroxylation is 1. The van der Waals surface area contributed by atoms with Crippen molar-refractivity contribution in [3.63, 3.8) is 0 Å². The quantitative estimate of drug-likeness (QED) is 0.933. The largest absolute Gasteiger partial charge is 0.418 e. The summed E-state index contributed by atoms with van der Waals surface area (Å²) in [7, 11) is 0. The van der Waals surface area contributed by atoms with E-state index in [-0.39, 0.29) is 5.69 Å². The number of para-hydroxylation sites is 1. The van der Waals surface area contributed by atoms with E-state index >= 15 is 0 Å². The first-order valence-corrected chi connectivity index (χ1v) is 6.36. The monoisotopic (exact) mass is 283 g/mol. The van der Waals surface area contributed by atoms with Gasteiger partial charge in [-0.1, -0.05) is 19.1 Å². The van der Waals surface area contributed by atoms with Crippen molar-refractivity contribution in [1.82, 2.24) is 15.1 Å². The summed E-state index contributed by atoms with van der Waals surface area (Å²) in [6.45, 7) is 5.15. The van der Waals surface area contributed by atoms with Gasteiger partial charge in [-0.2, -0.15) is 18.3 Å². The van der Waals surface area contributed by atoms with Gasteiger partial charge in [-0.25, -0.2) is 4.68 Å². The summed E-state index contributed by atoms with van der Waals surface area (Å²) in [5.74, 6) is 0. The fourth-order valence-electron chi connectivity index (χ4n) is 1.97. The summed E-state index contributed by atoms with van der Waals surface area (Å²) in [6, 6.07) is 5.44. The lowest BCUT2D eigenvalue weighted by atomic mass is 10.1. The second-order valence-corrected chi connectivity index (χ2v) is 4.48. The molecule has 1 aromatic carbocycles. The Morgan fingerprint density at radius 2 is 1.95 bits per heavy atom. The number of nitrogens with zero attached hydrogens (tertiary/aromatic N) is 2. The maximum atomic E-state index is 13.0. The second-order valence-electron chi connectivity index (χ2n) is 4.48. The first-order chi connectivity index (χ1) is 9.43. The van der Waals surface area contributed by atoms with Gasteiger partial charge in [0, 0.05) is 18.3 Å².